The molecule has 1 aromatic rings. The second-order valence-corrected chi connectivity index (χ2v) is 1.86. The fourth-order valence-electron chi connectivity index (χ4n) is 0.634. The number of hydrogen-bond donors (Lipinski definition) is 0. The highest BCUT2D eigenvalue weighted by Crippen LogP contribution is 2.01. The molecule has 0 atom stereocenters. The summed E-state index contributed by atoms with van der Waals surface area (Å²) in [5, 5.41) is 2.78. The van der Waals surface area contributed by atoms with Crippen molar-refractivity contribution in [1.82, 2.24) is 4.98 Å². The van der Waals surface area contributed by atoms with Gasteiger partial charge in [-0.2, -0.15) is 4.39 Å². The Bertz CT molecular complexity index is 358. The van der Waals surface area contributed by atoms with Crippen LogP contribution in [-0.2, 0) is 0 Å². The first-order chi connectivity index (χ1) is 5.74. The van der Waals surface area contributed by atoms with Gasteiger partial charge in [0.25, 0.3) is 0 Å². The topological polar surface area (TPSA) is 78.7 Å². The molecule has 5 nitrogen and oxygen atoms in total. The summed E-state index contributed by atoms with van der Waals surface area (Å²) < 4.78 is 12.4. The van der Waals surface area contributed by atoms with Crippen molar-refractivity contribution >= 4 is 5.91 Å². The molecule has 12 heavy (non-hydrogen) atoms. The minimum absolute atomic E-state index is 0.0136. The Kier molecular flexibility index (Phi) is 2.35. The predicted octanol–water partition coefficient (Wildman–Crippen LogP) is 1.67. The summed E-state index contributed by atoms with van der Waals surface area (Å²) >= 11 is 0. The van der Waals surface area contributed by atoms with Crippen molar-refractivity contribution in [2.24, 2.45) is 5.11 Å². The maximum absolute atomic E-state index is 12.4. The van der Waals surface area contributed by atoms with E-state index in [1.165, 1.54) is 6.07 Å². The van der Waals surface area contributed by atoms with E-state index in [1.807, 2.05) is 0 Å². The van der Waals surface area contributed by atoms with E-state index in [9.17, 15) is 9.18 Å². The minimum Gasteiger partial charge on any atom is -0.287 e. The third kappa shape index (κ3) is 1.77. The highest BCUT2D eigenvalue weighted by atomic mass is 19.1. The fraction of sp³-hybridized carbons (Fsp3) is 0. The predicted molar refractivity (Wildman–Crippen MR) is 37.7 cm³/mol. The highest BCUT2D eigenvalue weighted by Gasteiger charge is 2.03. The monoisotopic (exact) mass is 166 g/mol. The van der Waals surface area contributed by atoms with Crippen LogP contribution in [0.25, 0.3) is 10.4 Å². The average Bonchev–Trinajstić information content (AvgIpc) is 2.05. The molecule has 0 aromatic carbocycles. The van der Waals surface area contributed by atoms with Crippen molar-refractivity contribution in [3.8, 4) is 0 Å². The van der Waals surface area contributed by atoms with Crippen LogP contribution in [0.1, 0.15) is 10.4 Å². The maximum Gasteiger partial charge on any atom is 0.249 e. The molecule has 0 unspecified atom stereocenters. The van der Waals surface area contributed by atoms with Gasteiger partial charge in [0.05, 0.1) is 0 Å². The second-order valence-electron chi connectivity index (χ2n) is 1.86. The van der Waals surface area contributed by atoms with Crippen LogP contribution in [0.4, 0.5) is 4.39 Å². The number of hydrogen-bond acceptors (Lipinski definition) is 2. The molecule has 0 saturated carbocycles. The first kappa shape index (κ1) is 8.16. The first-order valence-electron chi connectivity index (χ1n) is 2.95. The summed E-state index contributed by atoms with van der Waals surface area (Å²) in [6.45, 7) is 0. The molecule has 1 aromatic heterocycles. The average molecular weight is 166 g/mol. The molecule has 0 bridgehead atoms. The standard InChI is InChI=1S/C6H3FN4O/c7-5-3-4(1-2-9-5)6(12)10-11-8/h1-3H. The number of carbonyl (C=O) groups is 1. The normalized spacial score (nSPS) is 8.75. The first-order valence-corrected chi connectivity index (χ1v) is 2.95. The van der Waals surface area contributed by atoms with Gasteiger partial charge in [-0.1, -0.05) is 0 Å². The summed E-state index contributed by atoms with van der Waals surface area (Å²) in [5.41, 5.74) is 7.88. The third-order valence-electron chi connectivity index (χ3n) is 1.11. The SMILES string of the molecule is [N-]=[N+]=NC(=O)c1ccnc(F)c1. The molecule has 0 fully saturated rings. The van der Waals surface area contributed by atoms with Gasteiger partial charge in [-0.15, -0.1) is 0 Å². The molecule has 0 N–H and O–H groups in total. The molecular formula is C6H3FN4O. The molecule has 1 rings (SSSR count). The summed E-state index contributed by atoms with van der Waals surface area (Å²) in [7, 11) is 0. The number of amides is 1. The quantitative estimate of drug-likeness (QED) is 0.275. The molecule has 1 heterocycles. The summed E-state index contributed by atoms with van der Waals surface area (Å²) in [5.74, 6) is -1.60. The fourth-order valence-corrected chi connectivity index (χ4v) is 0.634. The molecule has 0 spiro atoms. The molecule has 0 aliphatic carbocycles. The van der Waals surface area contributed by atoms with Crippen molar-refractivity contribution in [3.63, 3.8) is 0 Å². The van der Waals surface area contributed by atoms with Crippen LogP contribution in [0.5, 0.6) is 0 Å². The summed E-state index contributed by atoms with van der Waals surface area (Å²) in [6, 6.07) is 2.16. The zero-order valence-corrected chi connectivity index (χ0v) is 5.81. The van der Waals surface area contributed by atoms with Crippen molar-refractivity contribution < 1.29 is 9.18 Å². The van der Waals surface area contributed by atoms with Gasteiger partial charge >= 0.3 is 0 Å². The van der Waals surface area contributed by atoms with E-state index in [-0.39, 0.29) is 5.56 Å². The van der Waals surface area contributed by atoms with E-state index in [2.05, 4.69) is 15.0 Å². The van der Waals surface area contributed by atoms with Gasteiger partial charge in [0.15, 0.2) is 0 Å². The Morgan fingerprint density at radius 2 is 2.50 bits per heavy atom. The molecular weight excluding hydrogens is 163 g/mol. The summed E-state index contributed by atoms with van der Waals surface area (Å²) in [6.07, 6.45) is 1.12. The van der Waals surface area contributed by atoms with Crippen molar-refractivity contribution in [1.29, 1.82) is 0 Å². The van der Waals surface area contributed by atoms with Crippen LogP contribution >= 0.6 is 0 Å². The van der Waals surface area contributed by atoms with E-state index in [0.717, 1.165) is 12.3 Å². The maximum atomic E-state index is 12.4. The van der Waals surface area contributed by atoms with Crippen LogP contribution in [0.3, 0.4) is 0 Å². The van der Waals surface area contributed by atoms with Gasteiger partial charge in [-0.25, -0.2) is 4.98 Å². The van der Waals surface area contributed by atoms with Crippen LogP contribution in [0, 0.1) is 5.95 Å². The Balaban J connectivity index is 3.03. The van der Waals surface area contributed by atoms with Gasteiger partial charge in [0.1, 0.15) is 0 Å². The Hall–Kier alpha value is -1.94. The van der Waals surface area contributed by atoms with Crippen molar-refractivity contribution in [3.05, 3.63) is 40.3 Å². The lowest BCUT2D eigenvalue weighted by atomic mass is 10.2. The molecule has 0 radical (unpaired) electrons. The van der Waals surface area contributed by atoms with Gasteiger partial charge in [-0.05, 0) is 16.7 Å². The molecule has 0 aliphatic heterocycles. The Labute approximate surface area is 66.5 Å². The van der Waals surface area contributed by atoms with Crippen LogP contribution < -0.4 is 0 Å². The van der Waals surface area contributed by atoms with Gasteiger partial charge in [0.2, 0.25) is 11.9 Å². The van der Waals surface area contributed by atoms with E-state index in [4.69, 9.17) is 5.53 Å². The van der Waals surface area contributed by atoms with Crippen LogP contribution in [-0.4, -0.2) is 10.9 Å². The van der Waals surface area contributed by atoms with E-state index in [1.54, 1.807) is 0 Å². The molecule has 0 aliphatic rings. The number of halogens is 1. The van der Waals surface area contributed by atoms with E-state index in [0.29, 0.717) is 0 Å². The largest absolute Gasteiger partial charge is 0.287 e. The number of carbonyl (C=O) groups excluding carboxylic acids is 1. The molecule has 1 amide bonds. The summed E-state index contributed by atoms with van der Waals surface area (Å²) in [4.78, 5) is 16.3. The molecule has 6 heteroatoms. The second kappa shape index (κ2) is 3.45. The van der Waals surface area contributed by atoms with Crippen molar-refractivity contribution in [2.75, 3.05) is 0 Å². The van der Waals surface area contributed by atoms with Crippen LogP contribution in [0.2, 0.25) is 0 Å². The van der Waals surface area contributed by atoms with Gasteiger partial charge in [0, 0.05) is 22.7 Å². The number of azide groups is 1. The number of aromatic nitrogens is 1. The van der Waals surface area contributed by atoms with E-state index < -0.39 is 11.9 Å². The lowest BCUT2D eigenvalue weighted by Gasteiger charge is -1.91. The lowest BCUT2D eigenvalue weighted by molar-refractivity contribution is 0.0999. The minimum atomic E-state index is -0.821. The zero-order valence-electron chi connectivity index (χ0n) is 5.81. The number of nitrogens with zero attached hydrogens (tertiary/aromatic N) is 4. The highest BCUT2D eigenvalue weighted by molar-refractivity contribution is 5.94. The zero-order chi connectivity index (χ0) is 8.97. The van der Waals surface area contributed by atoms with Gasteiger partial charge in [-0.3, -0.25) is 4.79 Å². The lowest BCUT2D eigenvalue weighted by Crippen LogP contribution is -1.94. The smallest absolute Gasteiger partial charge is 0.249 e. The number of rotatable bonds is 1. The molecule has 60 valence electrons. The van der Waals surface area contributed by atoms with Crippen molar-refractivity contribution in [2.45, 2.75) is 0 Å². The third-order valence-corrected chi connectivity index (χ3v) is 1.11. The Morgan fingerprint density at radius 3 is 3.08 bits per heavy atom. The molecule has 0 saturated heterocycles. The number of pyridine rings is 1. The van der Waals surface area contributed by atoms with E-state index >= 15 is 0 Å². The van der Waals surface area contributed by atoms with Gasteiger partial charge < -0.3 is 0 Å². The van der Waals surface area contributed by atoms with Crippen LogP contribution in [0.15, 0.2) is 23.4 Å². The Morgan fingerprint density at radius 1 is 1.75 bits per heavy atom.